The van der Waals surface area contributed by atoms with Gasteiger partial charge in [0.25, 0.3) is 0 Å². The van der Waals surface area contributed by atoms with Gasteiger partial charge in [0.2, 0.25) is 0 Å². The van der Waals surface area contributed by atoms with Crippen LogP contribution in [0, 0.1) is 19.8 Å². The molecule has 1 aromatic heterocycles. The van der Waals surface area contributed by atoms with Crippen LogP contribution < -0.4 is 15.2 Å². The second-order valence-corrected chi connectivity index (χ2v) is 8.26. The minimum atomic E-state index is 0.158. The Labute approximate surface area is 141 Å². The second kappa shape index (κ2) is 5.72. The normalized spacial score (nSPS) is 25.0. The first-order valence-electron chi connectivity index (χ1n) is 8.48. The quantitative estimate of drug-likeness (QED) is 0.582. The van der Waals surface area contributed by atoms with Crippen molar-refractivity contribution in [3.05, 3.63) is 33.6 Å². The molecule has 1 aliphatic heterocycles. The van der Waals surface area contributed by atoms with E-state index in [1.165, 1.54) is 42.5 Å². The van der Waals surface area contributed by atoms with Crippen molar-refractivity contribution >= 4 is 31.1 Å². The SMILES string of the molecule is Cc1cn(C)c2c(C)c([N+]3(C)CCCC(C)C3)c(P)cc2c1=O. The molecule has 4 heteroatoms. The van der Waals surface area contributed by atoms with Crippen LogP contribution in [0.15, 0.2) is 17.1 Å². The fourth-order valence-electron chi connectivity index (χ4n) is 4.66. The van der Waals surface area contributed by atoms with Gasteiger partial charge < -0.3 is 4.57 Å². The third kappa shape index (κ3) is 2.64. The molecule has 2 heterocycles. The predicted octanol–water partition coefficient (Wildman–Crippen LogP) is 3.02. The molecule has 3 unspecified atom stereocenters. The van der Waals surface area contributed by atoms with Crippen molar-refractivity contribution in [3.8, 4) is 0 Å². The molecule has 124 valence electrons. The Balaban J connectivity index is 2.33. The number of aryl methyl sites for hydroxylation is 3. The summed E-state index contributed by atoms with van der Waals surface area (Å²) >= 11 is 0. The van der Waals surface area contributed by atoms with Crippen LogP contribution in [0.1, 0.15) is 30.9 Å². The van der Waals surface area contributed by atoms with Crippen LogP contribution >= 0.6 is 9.24 Å². The van der Waals surface area contributed by atoms with Gasteiger partial charge in [-0.15, -0.1) is 0 Å². The number of likely N-dealkylation sites (tertiary alicyclic amines) is 1. The highest BCUT2D eigenvalue weighted by Gasteiger charge is 2.35. The molecule has 0 N–H and O–H groups in total. The average Bonchev–Trinajstić information content (AvgIpc) is 2.43. The zero-order valence-corrected chi connectivity index (χ0v) is 16.1. The molecule has 3 atom stereocenters. The number of quaternary nitrogens is 1. The van der Waals surface area contributed by atoms with Gasteiger partial charge in [-0.25, -0.2) is 0 Å². The molecule has 2 aromatic rings. The summed E-state index contributed by atoms with van der Waals surface area (Å²) in [6, 6.07) is 2.08. The van der Waals surface area contributed by atoms with E-state index in [1.54, 1.807) is 0 Å². The molecule has 0 bridgehead atoms. The minimum absolute atomic E-state index is 0.158. The van der Waals surface area contributed by atoms with E-state index in [4.69, 9.17) is 0 Å². The molecule has 0 aliphatic carbocycles. The number of aromatic nitrogens is 1. The van der Waals surface area contributed by atoms with E-state index < -0.39 is 0 Å². The molecule has 1 aromatic carbocycles. The van der Waals surface area contributed by atoms with Crippen molar-refractivity contribution in [2.75, 3.05) is 20.1 Å². The van der Waals surface area contributed by atoms with E-state index in [9.17, 15) is 4.79 Å². The van der Waals surface area contributed by atoms with E-state index in [2.05, 4.69) is 40.8 Å². The van der Waals surface area contributed by atoms with E-state index >= 15 is 0 Å². The second-order valence-electron chi connectivity index (χ2n) is 7.64. The van der Waals surface area contributed by atoms with Crippen molar-refractivity contribution in [1.82, 2.24) is 9.05 Å². The maximum atomic E-state index is 12.6. The summed E-state index contributed by atoms with van der Waals surface area (Å²) in [5.74, 6) is 0.745. The molecular weight excluding hydrogens is 303 g/mol. The number of nitrogens with zero attached hydrogens (tertiary/aromatic N) is 2. The molecule has 3 nitrogen and oxygen atoms in total. The number of benzene rings is 1. The lowest BCUT2D eigenvalue weighted by atomic mass is 9.95. The van der Waals surface area contributed by atoms with Crippen LogP contribution in [0.25, 0.3) is 10.9 Å². The van der Waals surface area contributed by atoms with Crippen LogP contribution in [0.5, 0.6) is 0 Å². The largest absolute Gasteiger partial charge is 0.350 e. The molecule has 0 radical (unpaired) electrons. The maximum Gasteiger partial charge on any atom is 0.192 e. The Morgan fingerprint density at radius 3 is 2.70 bits per heavy atom. The summed E-state index contributed by atoms with van der Waals surface area (Å²) in [5, 5.41) is 2.02. The summed E-state index contributed by atoms with van der Waals surface area (Å²) in [6.45, 7) is 8.79. The lowest BCUT2D eigenvalue weighted by Gasteiger charge is -2.41. The predicted molar refractivity (Wildman–Crippen MR) is 104 cm³/mol. The highest BCUT2D eigenvalue weighted by Crippen LogP contribution is 2.34. The Kier molecular flexibility index (Phi) is 4.14. The zero-order valence-electron chi connectivity index (χ0n) is 14.9. The Morgan fingerprint density at radius 2 is 2.04 bits per heavy atom. The van der Waals surface area contributed by atoms with Crippen molar-refractivity contribution in [1.29, 1.82) is 0 Å². The van der Waals surface area contributed by atoms with Crippen molar-refractivity contribution in [2.24, 2.45) is 13.0 Å². The lowest BCUT2D eigenvalue weighted by Crippen LogP contribution is -2.53. The molecule has 0 amide bonds. The average molecular weight is 331 g/mol. The van der Waals surface area contributed by atoms with Gasteiger partial charge in [0.05, 0.1) is 25.7 Å². The van der Waals surface area contributed by atoms with E-state index in [0.717, 1.165) is 26.9 Å². The molecule has 1 aliphatic rings. The monoisotopic (exact) mass is 331 g/mol. The number of fused-ring (bicyclic) bond motifs is 1. The van der Waals surface area contributed by atoms with Gasteiger partial charge in [0.15, 0.2) is 5.43 Å². The molecule has 0 saturated carbocycles. The molecule has 1 saturated heterocycles. The Hall–Kier alpha value is -1.18. The first-order chi connectivity index (χ1) is 10.7. The van der Waals surface area contributed by atoms with Gasteiger partial charge in [-0.1, -0.05) is 16.2 Å². The van der Waals surface area contributed by atoms with Gasteiger partial charge >= 0.3 is 0 Å². The number of piperidine rings is 1. The number of pyridine rings is 1. The fourth-order valence-corrected chi connectivity index (χ4v) is 5.35. The van der Waals surface area contributed by atoms with Crippen LogP contribution in [-0.2, 0) is 7.05 Å². The van der Waals surface area contributed by atoms with Gasteiger partial charge in [0.1, 0.15) is 5.69 Å². The van der Waals surface area contributed by atoms with E-state index in [-0.39, 0.29) is 5.43 Å². The molecule has 1 fully saturated rings. The highest BCUT2D eigenvalue weighted by molar-refractivity contribution is 7.28. The van der Waals surface area contributed by atoms with Crippen molar-refractivity contribution in [2.45, 2.75) is 33.6 Å². The molecular formula is C19H28N2OP+. The third-order valence-corrected chi connectivity index (χ3v) is 5.92. The Bertz CT molecular complexity index is 840. The number of hydrogen-bond donors (Lipinski definition) is 0. The summed E-state index contributed by atoms with van der Waals surface area (Å²) in [4.78, 5) is 12.6. The van der Waals surface area contributed by atoms with E-state index in [0.29, 0.717) is 0 Å². The molecule has 0 spiro atoms. The van der Waals surface area contributed by atoms with Crippen LogP contribution in [0.4, 0.5) is 5.69 Å². The summed E-state index contributed by atoms with van der Waals surface area (Å²) in [7, 11) is 7.29. The van der Waals surface area contributed by atoms with Crippen LogP contribution in [-0.4, -0.2) is 24.7 Å². The summed E-state index contributed by atoms with van der Waals surface area (Å²) < 4.78 is 3.10. The summed E-state index contributed by atoms with van der Waals surface area (Å²) in [6.07, 6.45) is 4.55. The maximum absolute atomic E-state index is 12.6. The topological polar surface area (TPSA) is 22.0 Å². The lowest BCUT2D eigenvalue weighted by molar-refractivity contribution is 0.222. The van der Waals surface area contributed by atoms with Crippen molar-refractivity contribution in [3.63, 3.8) is 0 Å². The standard InChI is InChI=1S/C19H28N2OP/c1-12-7-6-8-21(5,11-12)18-14(3)17-15(9-16(18)23)19(22)13(2)10-20(17)4/h9-10,12H,6-8,11,23H2,1-5H3/q+1. The highest BCUT2D eigenvalue weighted by atomic mass is 31.0. The van der Waals surface area contributed by atoms with E-state index in [1.807, 2.05) is 20.2 Å². The number of rotatable bonds is 1. The Morgan fingerprint density at radius 1 is 1.35 bits per heavy atom. The smallest absolute Gasteiger partial charge is 0.192 e. The van der Waals surface area contributed by atoms with Crippen molar-refractivity contribution < 1.29 is 0 Å². The fraction of sp³-hybridized carbons (Fsp3) is 0.526. The third-order valence-electron chi connectivity index (χ3n) is 5.48. The zero-order chi connectivity index (χ0) is 16.9. The first-order valence-corrected chi connectivity index (χ1v) is 9.06. The minimum Gasteiger partial charge on any atom is -0.350 e. The van der Waals surface area contributed by atoms with Crippen LogP contribution in [0.3, 0.4) is 0 Å². The first kappa shape index (κ1) is 16.7. The van der Waals surface area contributed by atoms with Crippen LogP contribution in [0.2, 0.25) is 0 Å². The van der Waals surface area contributed by atoms with Gasteiger partial charge in [-0.05, 0) is 32.8 Å². The molecule has 23 heavy (non-hydrogen) atoms. The van der Waals surface area contributed by atoms with Gasteiger partial charge in [-0.3, -0.25) is 9.28 Å². The number of hydrogen-bond acceptors (Lipinski definition) is 1. The summed E-state index contributed by atoms with van der Waals surface area (Å²) in [5.41, 5.74) is 4.69. The van der Waals surface area contributed by atoms with Gasteiger partial charge in [0, 0.05) is 41.0 Å². The van der Waals surface area contributed by atoms with Gasteiger partial charge in [-0.2, -0.15) is 0 Å². The molecule has 3 rings (SSSR count).